The molecule has 130 valence electrons. The van der Waals surface area contributed by atoms with E-state index in [2.05, 4.69) is 11.8 Å². The van der Waals surface area contributed by atoms with Crippen molar-refractivity contribution < 1.29 is 19.4 Å². The third kappa shape index (κ3) is 2.98. The zero-order valence-corrected chi connectivity index (χ0v) is 14.0. The van der Waals surface area contributed by atoms with Crippen LogP contribution in [0.5, 0.6) is 0 Å². The van der Waals surface area contributed by atoms with Crippen LogP contribution < -0.4 is 0 Å². The van der Waals surface area contributed by atoms with E-state index in [9.17, 15) is 14.7 Å². The summed E-state index contributed by atoms with van der Waals surface area (Å²) >= 11 is 0. The van der Waals surface area contributed by atoms with Gasteiger partial charge >= 0.3 is 5.97 Å². The molecular formula is C17H28N2O4. The Morgan fingerprint density at radius 3 is 2.91 bits per heavy atom. The lowest BCUT2D eigenvalue weighted by atomic mass is 9.81. The first-order chi connectivity index (χ1) is 11.1. The van der Waals surface area contributed by atoms with E-state index in [1.165, 1.54) is 0 Å². The highest BCUT2D eigenvalue weighted by Gasteiger charge is 2.56. The van der Waals surface area contributed by atoms with E-state index in [1.54, 1.807) is 4.90 Å². The topological polar surface area (TPSA) is 70.1 Å². The second-order valence-corrected chi connectivity index (χ2v) is 7.25. The molecule has 1 aliphatic carbocycles. The minimum atomic E-state index is -0.724. The Kier molecular flexibility index (Phi) is 4.92. The zero-order valence-electron chi connectivity index (χ0n) is 14.0. The largest absolute Gasteiger partial charge is 0.481 e. The van der Waals surface area contributed by atoms with E-state index in [0.717, 1.165) is 38.8 Å². The number of carbonyl (C=O) groups is 2. The second kappa shape index (κ2) is 6.77. The van der Waals surface area contributed by atoms with Gasteiger partial charge in [-0.05, 0) is 31.7 Å². The van der Waals surface area contributed by atoms with Gasteiger partial charge in [0, 0.05) is 19.6 Å². The van der Waals surface area contributed by atoms with E-state index in [0.29, 0.717) is 32.7 Å². The number of likely N-dealkylation sites (tertiary alicyclic amines) is 1. The number of carboxylic acids is 1. The lowest BCUT2D eigenvalue weighted by molar-refractivity contribution is -0.150. The van der Waals surface area contributed by atoms with Crippen molar-refractivity contribution in [1.82, 2.24) is 9.80 Å². The fourth-order valence-corrected chi connectivity index (χ4v) is 4.51. The quantitative estimate of drug-likeness (QED) is 0.823. The van der Waals surface area contributed by atoms with Gasteiger partial charge < -0.3 is 14.7 Å². The van der Waals surface area contributed by atoms with Crippen molar-refractivity contribution in [1.29, 1.82) is 0 Å². The third-order valence-corrected chi connectivity index (χ3v) is 5.93. The van der Waals surface area contributed by atoms with Gasteiger partial charge in [0.25, 0.3) is 0 Å². The summed E-state index contributed by atoms with van der Waals surface area (Å²) in [6.45, 7) is 5.94. The van der Waals surface area contributed by atoms with E-state index >= 15 is 0 Å². The van der Waals surface area contributed by atoms with E-state index in [-0.39, 0.29) is 17.9 Å². The predicted octanol–water partition coefficient (Wildman–Crippen LogP) is 1.20. The Labute approximate surface area is 137 Å². The number of amides is 1. The maximum Gasteiger partial charge on any atom is 0.311 e. The molecule has 1 amide bonds. The van der Waals surface area contributed by atoms with Gasteiger partial charge in [-0.2, -0.15) is 0 Å². The molecule has 3 aliphatic rings. The van der Waals surface area contributed by atoms with E-state index in [4.69, 9.17) is 4.74 Å². The highest BCUT2D eigenvalue weighted by molar-refractivity contribution is 5.85. The normalized spacial score (nSPS) is 34.6. The van der Waals surface area contributed by atoms with Crippen molar-refractivity contribution in [2.24, 2.45) is 11.3 Å². The van der Waals surface area contributed by atoms with Crippen LogP contribution in [0.2, 0.25) is 0 Å². The highest BCUT2D eigenvalue weighted by Crippen LogP contribution is 2.49. The number of ether oxygens (including phenoxy) is 1. The van der Waals surface area contributed by atoms with Crippen LogP contribution in [0.3, 0.4) is 0 Å². The lowest BCUT2D eigenvalue weighted by Crippen LogP contribution is -2.55. The average Bonchev–Trinajstić information content (AvgIpc) is 3.10. The number of hydrogen-bond donors (Lipinski definition) is 1. The molecule has 0 aromatic rings. The summed E-state index contributed by atoms with van der Waals surface area (Å²) in [5, 5.41) is 9.68. The smallest absolute Gasteiger partial charge is 0.311 e. The van der Waals surface area contributed by atoms with Crippen LogP contribution in [0.25, 0.3) is 0 Å². The number of nitrogens with zero attached hydrogens (tertiary/aromatic N) is 2. The number of rotatable bonds is 5. The zero-order chi connectivity index (χ0) is 16.4. The fraction of sp³-hybridized carbons (Fsp3) is 0.882. The van der Waals surface area contributed by atoms with Crippen molar-refractivity contribution >= 4 is 11.9 Å². The molecule has 1 unspecified atom stereocenters. The Morgan fingerprint density at radius 1 is 1.39 bits per heavy atom. The first-order valence-electron chi connectivity index (χ1n) is 8.92. The van der Waals surface area contributed by atoms with Crippen molar-refractivity contribution in [2.45, 2.75) is 45.1 Å². The molecule has 3 atom stereocenters. The summed E-state index contributed by atoms with van der Waals surface area (Å²) in [5.74, 6) is -0.536. The summed E-state index contributed by atoms with van der Waals surface area (Å²) < 4.78 is 5.53. The lowest BCUT2D eigenvalue weighted by Gasteiger charge is -2.37. The molecule has 1 saturated carbocycles. The highest BCUT2D eigenvalue weighted by atomic mass is 16.5. The number of fused-ring (bicyclic) bond motifs is 1. The Hall–Kier alpha value is -1.14. The van der Waals surface area contributed by atoms with Gasteiger partial charge in [-0.25, -0.2) is 0 Å². The minimum absolute atomic E-state index is 0.0656. The monoisotopic (exact) mass is 324 g/mol. The summed E-state index contributed by atoms with van der Waals surface area (Å²) in [5.41, 5.74) is -0.695. The number of unbranched alkanes of at least 4 members (excludes halogenated alkanes) is 1. The van der Waals surface area contributed by atoms with Gasteiger partial charge in [-0.1, -0.05) is 19.8 Å². The molecule has 2 heterocycles. The predicted molar refractivity (Wildman–Crippen MR) is 85.1 cm³/mol. The molecule has 3 fully saturated rings. The van der Waals surface area contributed by atoms with Crippen LogP contribution in [0, 0.1) is 11.3 Å². The summed E-state index contributed by atoms with van der Waals surface area (Å²) in [7, 11) is 0. The molecular weight excluding hydrogens is 296 g/mol. The molecule has 0 spiro atoms. The Morgan fingerprint density at radius 2 is 2.22 bits per heavy atom. The molecule has 6 heteroatoms. The van der Waals surface area contributed by atoms with Crippen LogP contribution in [0.15, 0.2) is 0 Å². The average molecular weight is 324 g/mol. The van der Waals surface area contributed by atoms with Gasteiger partial charge in [0.2, 0.25) is 5.91 Å². The SMILES string of the molecule is CCCCN1CCOCC1C(=O)N1C[C@@H]2CCC[C@@]2(C(=O)O)C1. The van der Waals surface area contributed by atoms with Crippen LogP contribution in [0.1, 0.15) is 39.0 Å². The molecule has 6 nitrogen and oxygen atoms in total. The van der Waals surface area contributed by atoms with E-state index in [1.807, 2.05) is 0 Å². The summed E-state index contributed by atoms with van der Waals surface area (Å²) in [6.07, 6.45) is 4.78. The standard InChI is InChI=1S/C17H28N2O4/c1-2-3-7-18-8-9-23-11-14(18)15(20)19-10-13-5-4-6-17(13,12-19)16(21)22/h13-14H,2-12H2,1H3,(H,21,22)/t13-,14?,17+/m0/s1. The first-order valence-corrected chi connectivity index (χ1v) is 8.92. The van der Waals surface area contributed by atoms with Gasteiger partial charge in [0.1, 0.15) is 6.04 Å². The van der Waals surface area contributed by atoms with Crippen LogP contribution in [0.4, 0.5) is 0 Å². The molecule has 0 radical (unpaired) electrons. The van der Waals surface area contributed by atoms with Crippen molar-refractivity contribution in [3.05, 3.63) is 0 Å². The summed E-state index contributed by atoms with van der Waals surface area (Å²) in [4.78, 5) is 28.8. The number of aliphatic carboxylic acids is 1. The molecule has 0 aromatic heterocycles. The minimum Gasteiger partial charge on any atom is -0.481 e. The second-order valence-electron chi connectivity index (χ2n) is 7.25. The third-order valence-electron chi connectivity index (χ3n) is 5.93. The number of morpholine rings is 1. The van der Waals surface area contributed by atoms with Crippen molar-refractivity contribution in [2.75, 3.05) is 39.4 Å². The van der Waals surface area contributed by atoms with Gasteiger partial charge in [0.15, 0.2) is 0 Å². The Bertz CT molecular complexity index is 470. The summed E-state index contributed by atoms with van der Waals surface area (Å²) in [6, 6.07) is -0.236. The molecule has 23 heavy (non-hydrogen) atoms. The number of hydrogen-bond acceptors (Lipinski definition) is 4. The van der Waals surface area contributed by atoms with Crippen molar-refractivity contribution in [3.8, 4) is 0 Å². The van der Waals surface area contributed by atoms with Crippen LogP contribution >= 0.6 is 0 Å². The molecule has 2 aliphatic heterocycles. The first kappa shape index (κ1) is 16.7. The van der Waals surface area contributed by atoms with Crippen LogP contribution in [-0.4, -0.2) is 72.2 Å². The van der Waals surface area contributed by atoms with Crippen molar-refractivity contribution in [3.63, 3.8) is 0 Å². The molecule has 2 saturated heterocycles. The molecule has 0 aromatic carbocycles. The number of carbonyl (C=O) groups excluding carboxylic acids is 1. The Balaban J connectivity index is 1.69. The molecule has 1 N–H and O–H groups in total. The van der Waals surface area contributed by atoms with Gasteiger partial charge in [0.05, 0.1) is 18.6 Å². The van der Waals surface area contributed by atoms with Crippen LogP contribution in [-0.2, 0) is 14.3 Å². The molecule has 0 bridgehead atoms. The fourth-order valence-electron chi connectivity index (χ4n) is 4.51. The van der Waals surface area contributed by atoms with Gasteiger partial charge in [-0.3, -0.25) is 14.5 Å². The van der Waals surface area contributed by atoms with Gasteiger partial charge in [-0.15, -0.1) is 0 Å². The van der Waals surface area contributed by atoms with E-state index < -0.39 is 11.4 Å². The number of carboxylic acid groups (broad SMARTS) is 1. The maximum absolute atomic E-state index is 13.0. The maximum atomic E-state index is 13.0. The molecule has 3 rings (SSSR count).